The van der Waals surface area contributed by atoms with Crippen LogP contribution in [0.25, 0.3) is 0 Å². The Kier molecular flexibility index (Phi) is 3.96. The Bertz CT molecular complexity index is 723. The second-order valence-electron chi connectivity index (χ2n) is 5.37. The minimum Gasteiger partial charge on any atom is -0.488 e. The third-order valence-corrected chi connectivity index (χ3v) is 3.62. The van der Waals surface area contributed by atoms with Crippen LogP contribution < -0.4 is 10.4 Å². The van der Waals surface area contributed by atoms with Crippen molar-refractivity contribution in [2.45, 2.75) is 19.4 Å². The van der Waals surface area contributed by atoms with Gasteiger partial charge in [0.1, 0.15) is 17.6 Å². The maximum absolute atomic E-state index is 12.4. The number of hydrogen-bond acceptors (Lipinski definition) is 4. The summed E-state index contributed by atoms with van der Waals surface area (Å²) in [5.41, 5.74) is 0.254. The summed E-state index contributed by atoms with van der Waals surface area (Å²) in [7, 11) is 0. The van der Waals surface area contributed by atoms with Crippen LogP contribution in [0.2, 0.25) is 0 Å². The Balaban J connectivity index is 1.65. The summed E-state index contributed by atoms with van der Waals surface area (Å²) in [5, 5.41) is 0. The zero-order chi connectivity index (χ0) is 15.5. The van der Waals surface area contributed by atoms with E-state index in [-0.39, 0.29) is 12.0 Å². The normalized spacial score (nSPS) is 17.5. The lowest BCUT2D eigenvalue weighted by Crippen LogP contribution is -2.30. The highest BCUT2D eigenvalue weighted by atomic mass is 16.5. The number of nitrogens with zero attached hydrogens (tertiary/aromatic N) is 1. The van der Waals surface area contributed by atoms with E-state index in [0.717, 1.165) is 6.42 Å². The van der Waals surface area contributed by atoms with Gasteiger partial charge in [0, 0.05) is 24.6 Å². The maximum Gasteiger partial charge on any atom is 0.339 e. The molecule has 0 N–H and O–H groups in total. The average molecular weight is 299 g/mol. The predicted molar refractivity (Wildman–Crippen MR) is 81.1 cm³/mol. The maximum atomic E-state index is 12.4. The summed E-state index contributed by atoms with van der Waals surface area (Å²) in [6.07, 6.45) is 0.645. The van der Waals surface area contributed by atoms with Gasteiger partial charge in [0.15, 0.2) is 0 Å². The van der Waals surface area contributed by atoms with Crippen molar-refractivity contribution in [2.75, 3.05) is 13.1 Å². The van der Waals surface area contributed by atoms with Crippen molar-refractivity contribution in [3.8, 4) is 5.75 Å². The summed E-state index contributed by atoms with van der Waals surface area (Å²) < 4.78 is 10.7. The van der Waals surface area contributed by atoms with Crippen LogP contribution in [0.15, 0.2) is 51.7 Å². The Labute approximate surface area is 128 Å². The number of likely N-dealkylation sites (tertiary alicyclic amines) is 1. The van der Waals surface area contributed by atoms with E-state index < -0.39 is 5.63 Å². The molecule has 1 atom stereocenters. The third-order valence-electron chi connectivity index (χ3n) is 3.62. The van der Waals surface area contributed by atoms with Gasteiger partial charge in [0.05, 0.1) is 12.6 Å². The number of amides is 1. The lowest BCUT2D eigenvalue weighted by molar-refractivity contribution is 0.0772. The quantitative estimate of drug-likeness (QED) is 0.872. The van der Waals surface area contributed by atoms with Crippen molar-refractivity contribution < 1.29 is 13.9 Å². The van der Waals surface area contributed by atoms with E-state index in [1.165, 1.54) is 6.07 Å². The van der Waals surface area contributed by atoms with Crippen molar-refractivity contribution in [2.24, 2.45) is 0 Å². The summed E-state index contributed by atoms with van der Waals surface area (Å²) >= 11 is 0. The van der Waals surface area contributed by atoms with Crippen LogP contribution in [-0.4, -0.2) is 30.0 Å². The molecule has 3 rings (SSSR count). The molecule has 1 saturated heterocycles. The first-order valence-electron chi connectivity index (χ1n) is 7.24. The van der Waals surface area contributed by atoms with E-state index in [1.54, 1.807) is 17.9 Å². The molecular weight excluding hydrogens is 282 g/mol. The first kappa shape index (κ1) is 14.4. The summed E-state index contributed by atoms with van der Waals surface area (Å²) in [4.78, 5) is 25.5. The third kappa shape index (κ3) is 3.19. The molecule has 1 aromatic heterocycles. The van der Waals surface area contributed by atoms with E-state index >= 15 is 0 Å². The van der Waals surface area contributed by atoms with Gasteiger partial charge in [-0.05, 0) is 19.1 Å². The number of benzene rings is 1. The topological polar surface area (TPSA) is 59.8 Å². The molecular formula is C17H17NO4. The summed E-state index contributed by atoms with van der Waals surface area (Å²) in [6.45, 7) is 2.87. The minimum atomic E-state index is -0.426. The van der Waals surface area contributed by atoms with Gasteiger partial charge in [-0.1, -0.05) is 18.2 Å². The fourth-order valence-corrected chi connectivity index (χ4v) is 2.61. The van der Waals surface area contributed by atoms with E-state index in [0.29, 0.717) is 30.2 Å². The van der Waals surface area contributed by atoms with Crippen molar-refractivity contribution in [1.29, 1.82) is 0 Å². The smallest absolute Gasteiger partial charge is 0.339 e. The highest BCUT2D eigenvalue weighted by Gasteiger charge is 2.28. The molecule has 0 spiro atoms. The summed E-state index contributed by atoms with van der Waals surface area (Å²) in [6, 6.07) is 12.2. The van der Waals surface area contributed by atoms with E-state index in [2.05, 4.69) is 0 Å². The molecule has 22 heavy (non-hydrogen) atoms. The van der Waals surface area contributed by atoms with Crippen LogP contribution in [-0.2, 0) is 0 Å². The van der Waals surface area contributed by atoms with Gasteiger partial charge in [-0.15, -0.1) is 0 Å². The Morgan fingerprint density at radius 3 is 2.77 bits per heavy atom. The molecule has 5 nitrogen and oxygen atoms in total. The number of aryl methyl sites for hydroxylation is 1. The summed E-state index contributed by atoms with van der Waals surface area (Å²) in [5.74, 6) is 1.01. The minimum absolute atomic E-state index is 0.00968. The second kappa shape index (κ2) is 6.05. The van der Waals surface area contributed by atoms with E-state index in [9.17, 15) is 9.59 Å². The molecule has 2 heterocycles. The monoisotopic (exact) mass is 299 g/mol. The Hall–Kier alpha value is -2.56. The molecule has 1 fully saturated rings. The fourth-order valence-electron chi connectivity index (χ4n) is 2.61. The molecule has 1 aromatic carbocycles. The van der Waals surface area contributed by atoms with Crippen molar-refractivity contribution >= 4 is 5.91 Å². The number of hydrogen-bond donors (Lipinski definition) is 0. The highest BCUT2D eigenvalue weighted by Crippen LogP contribution is 2.19. The largest absolute Gasteiger partial charge is 0.488 e. The number of ether oxygens (including phenoxy) is 1. The van der Waals surface area contributed by atoms with Gasteiger partial charge in [0.25, 0.3) is 5.91 Å². The Morgan fingerprint density at radius 2 is 2.05 bits per heavy atom. The Morgan fingerprint density at radius 1 is 1.27 bits per heavy atom. The average Bonchev–Trinajstić information content (AvgIpc) is 2.95. The van der Waals surface area contributed by atoms with Crippen molar-refractivity contribution in [3.63, 3.8) is 0 Å². The molecule has 0 radical (unpaired) electrons. The number of carbonyl (C=O) groups is 1. The van der Waals surface area contributed by atoms with Gasteiger partial charge in [0.2, 0.25) is 0 Å². The molecule has 0 aliphatic carbocycles. The van der Waals surface area contributed by atoms with Gasteiger partial charge in [-0.25, -0.2) is 4.79 Å². The van der Waals surface area contributed by atoms with E-state index in [4.69, 9.17) is 9.15 Å². The molecule has 5 heteroatoms. The lowest BCUT2D eigenvalue weighted by Gasteiger charge is -2.17. The number of carbonyl (C=O) groups excluding carboxylic acids is 1. The van der Waals surface area contributed by atoms with Gasteiger partial charge >= 0.3 is 5.63 Å². The van der Waals surface area contributed by atoms with Crippen LogP contribution in [0.3, 0.4) is 0 Å². The van der Waals surface area contributed by atoms with Gasteiger partial charge in [-0.3, -0.25) is 4.79 Å². The van der Waals surface area contributed by atoms with Crippen LogP contribution in [0, 0.1) is 6.92 Å². The lowest BCUT2D eigenvalue weighted by atomic mass is 10.2. The van der Waals surface area contributed by atoms with Crippen LogP contribution in [0.4, 0.5) is 0 Å². The highest BCUT2D eigenvalue weighted by molar-refractivity contribution is 5.94. The van der Waals surface area contributed by atoms with Crippen molar-refractivity contribution in [3.05, 3.63) is 64.2 Å². The van der Waals surface area contributed by atoms with Gasteiger partial charge < -0.3 is 14.1 Å². The first-order chi connectivity index (χ1) is 10.6. The van der Waals surface area contributed by atoms with Gasteiger partial charge in [-0.2, -0.15) is 0 Å². The molecule has 0 bridgehead atoms. The molecule has 0 saturated carbocycles. The van der Waals surface area contributed by atoms with Crippen molar-refractivity contribution in [1.82, 2.24) is 4.90 Å². The standard InChI is InChI=1S/C17H17NO4/c1-12-9-15(10-16(19)21-12)22-14-7-8-18(11-14)17(20)13-5-3-2-4-6-13/h2-6,9-10,14H,7-8,11H2,1H3/t14-/m0/s1. The molecule has 1 amide bonds. The molecule has 1 aliphatic heterocycles. The molecule has 114 valence electrons. The predicted octanol–water partition coefficient (Wildman–Crippen LogP) is 2.24. The second-order valence-corrected chi connectivity index (χ2v) is 5.37. The molecule has 1 aliphatic rings. The number of rotatable bonds is 3. The van der Waals surface area contributed by atoms with Crippen LogP contribution in [0.1, 0.15) is 22.5 Å². The molecule has 2 aromatic rings. The van der Waals surface area contributed by atoms with E-state index in [1.807, 2.05) is 30.3 Å². The zero-order valence-electron chi connectivity index (χ0n) is 12.3. The first-order valence-corrected chi connectivity index (χ1v) is 7.24. The van der Waals surface area contributed by atoms with Crippen LogP contribution in [0.5, 0.6) is 5.75 Å². The van der Waals surface area contributed by atoms with Crippen LogP contribution >= 0.6 is 0 Å². The molecule has 0 unspecified atom stereocenters. The zero-order valence-corrected chi connectivity index (χ0v) is 12.3. The SMILES string of the molecule is Cc1cc(O[C@H]2CCN(C(=O)c3ccccc3)C2)cc(=O)o1. The fraction of sp³-hybridized carbons (Fsp3) is 0.294.